The van der Waals surface area contributed by atoms with E-state index in [1.807, 2.05) is 0 Å². The first-order chi connectivity index (χ1) is 13.5. The van der Waals surface area contributed by atoms with Crippen LogP contribution in [0.3, 0.4) is 0 Å². The molecule has 0 radical (unpaired) electrons. The van der Waals surface area contributed by atoms with Gasteiger partial charge in [-0.05, 0) is 37.5 Å². The summed E-state index contributed by atoms with van der Waals surface area (Å²) < 4.78 is 5.41. The number of hydrogen-bond acceptors (Lipinski definition) is 3. The Labute approximate surface area is 172 Å². The maximum atomic E-state index is 12.3. The lowest BCUT2D eigenvalue weighted by Gasteiger charge is -2.23. The van der Waals surface area contributed by atoms with Gasteiger partial charge in [0.2, 0.25) is 5.91 Å². The molecule has 1 amide bonds. The van der Waals surface area contributed by atoms with Crippen LogP contribution in [0.15, 0.2) is 41.3 Å². The van der Waals surface area contributed by atoms with Gasteiger partial charge in [-0.25, -0.2) is 0 Å². The van der Waals surface area contributed by atoms with Crippen molar-refractivity contribution in [1.82, 2.24) is 5.32 Å². The summed E-state index contributed by atoms with van der Waals surface area (Å²) >= 11 is 1.62. The third-order valence-electron chi connectivity index (χ3n) is 5.12. The van der Waals surface area contributed by atoms with E-state index in [4.69, 9.17) is 4.74 Å². The van der Waals surface area contributed by atoms with Crippen LogP contribution in [0.4, 0.5) is 0 Å². The average molecular weight is 400 g/mol. The molecular formula is C23H31N2O2S+. The normalized spacial score (nSPS) is 14.8. The lowest BCUT2D eigenvalue weighted by atomic mass is 10.1. The van der Waals surface area contributed by atoms with Crippen molar-refractivity contribution in [2.24, 2.45) is 0 Å². The summed E-state index contributed by atoms with van der Waals surface area (Å²) in [6.07, 6.45) is 0. The highest BCUT2D eigenvalue weighted by Gasteiger charge is 2.14. The van der Waals surface area contributed by atoms with E-state index < -0.39 is 0 Å². The van der Waals surface area contributed by atoms with Gasteiger partial charge in [-0.15, -0.1) is 11.8 Å². The van der Waals surface area contributed by atoms with E-state index >= 15 is 0 Å². The van der Waals surface area contributed by atoms with Gasteiger partial charge in [0.05, 0.1) is 19.0 Å². The molecule has 0 unspecified atom stereocenters. The van der Waals surface area contributed by atoms with Gasteiger partial charge in [0.1, 0.15) is 19.6 Å². The SMILES string of the molecule is Cc1cc(C)c(SCC(=O)NCc2ccc(C[NH+]3CCOCC3)cc2)c(C)c1. The number of amides is 1. The first kappa shape index (κ1) is 20.9. The predicted octanol–water partition coefficient (Wildman–Crippen LogP) is 2.44. The molecule has 5 heteroatoms. The summed E-state index contributed by atoms with van der Waals surface area (Å²) in [5, 5.41) is 3.04. The smallest absolute Gasteiger partial charge is 0.230 e. The molecular weight excluding hydrogens is 368 g/mol. The van der Waals surface area contributed by atoms with Crippen LogP contribution in [0.5, 0.6) is 0 Å². The number of aryl methyl sites for hydroxylation is 3. The lowest BCUT2D eigenvalue weighted by molar-refractivity contribution is -0.921. The maximum absolute atomic E-state index is 12.3. The molecule has 1 fully saturated rings. The fraction of sp³-hybridized carbons (Fsp3) is 0.435. The van der Waals surface area contributed by atoms with E-state index in [1.54, 1.807) is 16.7 Å². The number of carbonyl (C=O) groups excluding carboxylic acids is 1. The standard InChI is InChI=1S/C23H30N2O2S/c1-17-12-18(2)23(19(3)13-17)28-16-22(26)24-14-20-4-6-21(7-5-20)15-25-8-10-27-11-9-25/h4-7,12-13H,8-11,14-16H2,1-3H3,(H,24,26)/p+1. The highest BCUT2D eigenvalue weighted by atomic mass is 32.2. The van der Waals surface area contributed by atoms with Crippen molar-refractivity contribution in [3.63, 3.8) is 0 Å². The van der Waals surface area contributed by atoms with E-state index in [-0.39, 0.29) is 5.91 Å². The molecule has 2 aromatic carbocycles. The topological polar surface area (TPSA) is 42.8 Å². The minimum atomic E-state index is 0.0752. The predicted molar refractivity (Wildman–Crippen MR) is 115 cm³/mol. The Kier molecular flexibility index (Phi) is 7.54. The number of quaternary nitrogens is 1. The van der Waals surface area contributed by atoms with Gasteiger partial charge in [0.25, 0.3) is 0 Å². The van der Waals surface area contributed by atoms with Gasteiger partial charge in [-0.2, -0.15) is 0 Å². The van der Waals surface area contributed by atoms with Crippen LogP contribution < -0.4 is 10.2 Å². The number of thioether (sulfide) groups is 1. The summed E-state index contributed by atoms with van der Waals surface area (Å²) in [5.41, 5.74) is 6.23. The van der Waals surface area contributed by atoms with Crippen molar-refractivity contribution < 1.29 is 14.4 Å². The van der Waals surface area contributed by atoms with E-state index in [1.165, 1.54) is 27.1 Å². The minimum Gasteiger partial charge on any atom is -0.370 e. The molecule has 28 heavy (non-hydrogen) atoms. The van der Waals surface area contributed by atoms with Crippen LogP contribution in [-0.4, -0.2) is 38.0 Å². The van der Waals surface area contributed by atoms with Crippen LogP contribution in [0.2, 0.25) is 0 Å². The average Bonchev–Trinajstić information content (AvgIpc) is 2.67. The van der Waals surface area contributed by atoms with Crippen molar-refractivity contribution in [1.29, 1.82) is 0 Å². The third kappa shape index (κ3) is 6.09. The molecule has 0 spiro atoms. The monoisotopic (exact) mass is 399 g/mol. The Balaban J connectivity index is 1.44. The molecule has 0 saturated carbocycles. The largest absolute Gasteiger partial charge is 0.370 e. The zero-order valence-corrected chi connectivity index (χ0v) is 18.0. The summed E-state index contributed by atoms with van der Waals surface area (Å²) in [6, 6.07) is 12.9. The first-order valence-electron chi connectivity index (χ1n) is 9.98. The van der Waals surface area contributed by atoms with Crippen LogP contribution in [0.1, 0.15) is 27.8 Å². The Hall–Kier alpha value is -1.82. The van der Waals surface area contributed by atoms with Crippen molar-refractivity contribution >= 4 is 17.7 Å². The Morgan fingerprint density at radius 2 is 1.64 bits per heavy atom. The summed E-state index contributed by atoms with van der Waals surface area (Å²) in [6.45, 7) is 11.8. The third-order valence-corrected chi connectivity index (χ3v) is 6.46. The van der Waals surface area contributed by atoms with E-state index in [0.29, 0.717) is 12.3 Å². The fourth-order valence-corrected chi connectivity index (χ4v) is 4.64. The van der Waals surface area contributed by atoms with Crippen LogP contribution in [0, 0.1) is 20.8 Å². The highest BCUT2D eigenvalue weighted by Crippen LogP contribution is 2.27. The summed E-state index contributed by atoms with van der Waals surface area (Å²) in [7, 11) is 0. The molecule has 2 N–H and O–H groups in total. The quantitative estimate of drug-likeness (QED) is 0.703. The lowest BCUT2D eigenvalue weighted by Crippen LogP contribution is -3.12. The first-order valence-corrected chi connectivity index (χ1v) is 11.0. The zero-order valence-electron chi connectivity index (χ0n) is 17.1. The Bertz CT molecular complexity index is 776. The second kappa shape index (κ2) is 10.1. The van der Waals surface area contributed by atoms with Gasteiger partial charge in [-0.3, -0.25) is 4.79 Å². The fourth-order valence-electron chi connectivity index (χ4n) is 3.68. The molecule has 0 bridgehead atoms. The number of rotatable bonds is 7. The van der Waals surface area contributed by atoms with E-state index in [9.17, 15) is 4.79 Å². The number of carbonyl (C=O) groups is 1. The molecule has 1 aliphatic rings. The van der Waals surface area contributed by atoms with Gasteiger partial charge in [0, 0.05) is 17.0 Å². The number of nitrogens with one attached hydrogen (secondary N) is 2. The molecule has 0 aliphatic carbocycles. The van der Waals surface area contributed by atoms with Crippen molar-refractivity contribution in [3.05, 3.63) is 64.2 Å². The van der Waals surface area contributed by atoms with E-state index in [2.05, 4.69) is 62.5 Å². The van der Waals surface area contributed by atoms with Crippen molar-refractivity contribution in [3.8, 4) is 0 Å². The van der Waals surface area contributed by atoms with Gasteiger partial charge >= 0.3 is 0 Å². The molecule has 3 rings (SSSR count). The van der Waals surface area contributed by atoms with Gasteiger partial charge < -0.3 is 15.0 Å². The van der Waals surface area contributed by atoms with Crippen molar-refractivity contribution in [2.45, 2.75) is 38.8 Å². The molecule has 0 aromatic heterocycles. The maximum Gasteiger partial charge on any atom is 0.230 e. The van der Waals surface area contributed by atoms with Gasteiger partial charge in [-0.1, -0.05) is 42.0 Å². The number of morpholine rings is 1. The number of ether oxygens (including phenoxy) is 1. The molecule has 0 atom stereocenters. The Morgan fingerprint density at radius 3 is 2.29 bits per heavy atom. The molecule has 1 heterocycles. The molecule has 1 aliphatic heterocycles. The van der Waals surface area contributed by atoms with E-state index in [0.717, 1.165) is 38.4 Å². The summed E-state index contributed by atoms with van der Waals surface area (Å²) in [4.78, 5) is 15.1. The van der Waals surface area contributed by atoms with Crippen LogP contribution in [0.25, 0.3) is 0 Å². The van der Waals surface area contributed by atoms with Crippen LogP contribution in [-0.2, 0) is 22.6 Å². The van der Waals surface area contributed by atoms with Gasteiger partial charge in [0.15, 0.2) is 0 Å². The summed E-state index contributed by atoms with van der Waals surface area (Å²) in [5.74, 6) is 0.523. The second-order valence-electron chi connectivity index (χ2n) is 7.65. The van der Waals surface area contributed by atoms with Crippen molar-refractivity contribution in [2.75, 3.05) is 32.1 Å². The molecule has 2 aromatic rings. The second-order valence-corrected chi connectivity index (χ2v) is 8.63. The number of hydrogen-bond donors (Lipinski definition) is 2. The minimum absolute atomic E-state index is 0.0752. The molecule has 150 valence electrons. The molecule has 4 nitrogen and oxygen atoms in total. The Morgan fingerprint density at radius 1 is 1.04 bits per heavy atom. The zero-order chi connectivity index (χ0) is 19.9. The highest BCUT2D eigenvalue weighted by molar-refractivity contribution is 8.00. The van der Waals surface area contributed by atoms with Crippen LogP contribution >= 0.6 is 11.8 Å². The molecule has 1 saturated heterocycles. The number of benzene rings is 2.